The van der Waals surface area contributed by atoms with Crippen LogP contribution in [0.5, 0.6) is 0 Å². The quantitative estimate of drug-likeness (QED) is 0.830. The molecule has 0 saturated carbocycles. The molecule has 16 heavy (non-hydrogen) atoms. The van der Waals surface area contributed by atoms with Gasteiger partial charge in [0.2, 0.25) is 0 Å². The van der Waals surface area contributed by atoms with Crippen molar-refractivity contribution in [3.63, 3.8) is 0 Å². The van der Waals surface area contributed by atoms with Crippen LogP contribution in [0.3, 0.4) is 0 Å². The van der Waals surface area contributed by atoms with Crippen molar-refractivity contribution in [3.05, 3.63) is 23.5 Å². The number of hydrogen-bond acceptors (Lipinski definition) is 2. The van der Waals surface area contributed by atoms with E-state index in [4.69, 9.17) is 5.11 Å². The predicted octanol–water partition coefficient (Wildman–Crippen LogP) is 1.87. The molecule has 0 radical (unpaired) electrons. The normalized spacial score (nSPS) is 11.4. The summed E-state index contributed by atoms with van der Waals surface area (Å²) in [5.41, 5.74) is 1.34. The Morgan fingerprint density at radius 2 is 2.12 bits per heavy atom. The molecule has 0 aromatic carbocycles. The number of carboxylic acid groups (broad SMARTS) is 1. The number of carboxylic acids is 1. The number of carbonyl (C=O) groups is 1. The molecule has 0 aliphatic heterocycles. The second kappa shape index (κ2) is 5.16. The summed E-state index contributed by atoms with van der Waals surface area (Å²) in [5, 5.41) is 9.08. The Balaban J connectivity index is 2.96. The fraction of sp³-hybridized carbons (Fsp3) is 0.583. The zero-order valence-corrected chi connectivity index (χ0v) is 10.4. The molecule has 1 aromatic heterocycles. The molecule has 0 atom stereocenters. The lowest BCUT2D eigenvalue weighted by Gasteiger charge is -2.15. The maximum absolute atomic E-state index is 11.1. The van der Waals surface area contributed by atoms with Crippen LogP contribution in [0.15, 0.2) is 12.3 Å². The molecule has 0 spiro atoms. The lowest BCUT2D eigenvalue weighted by molar-refractivity contribution is 0.0695. The fourth-order valence-corrected chi connectivity index (χ4v) is 1.81. The summed E-state index contributed by atoms with van der Waals surface area (Å²) in [7, 11) is 4.02. The predicted molar refractivity (Wildman–Crippen MR) is 64.0 cm³/mol. The zero-order chi connectivity index (χ0) is 12.3. The van der Waals surface area contributed by atoms with E-state index in [0.29, 0.717) is 5.56 Å². The van der Waals surface area contributed by atoms with Gasteiger partial charge in [-0.1, -0.05) is 13.8 Å². The zero-order valence-electron chi connectivity index (χ0n) is 10.4. The molecule has 4 nitrogen and oxygen atoms in total. The number of hydrogen-bond donors (Lipinski definition) is 1. The van der Waals surface area contributed by atoms with Gasteiger partial charge in [0.1, 0.15) is 0 Å². The monoisotopic (exact) mass is 224 g/mol. The molecule has 1 N–H and O–H groups in total. The summed E-state index contributed by atoms with van der Waals surface area (Å²) >= 11 is 0. The Hall–Kier alpha value is -1.29. The van der Waals surface area contributed by atoms with Gasteiger partial charge < -0.3 is 14.6 Å². The van der Waals surface area contributed by atoms with E-state index in [-0.39, 0.29) is 5.92 Å². The lowest BCUT2D eigenvalue weighted by Crippen LogP contribution is -2.20. The van der Waals surface area contributed by atoms with Crippen LogP contribution < -0.4 is 0 Å². The van der Waals surface area contributed by atoms with Crippen molar-refractivity contribution in [2.45, 2.75) is 26.3 Å². The number of aromatic nitrogens is 1. The molecule has 1 aromatic rings. The highest BCUT2D eigenvalue weighted by Gasteiger charge is 2.17. The average molecular weight is 224 g/mol. The van der Waals surface area contributed by atoms with Gasteiger partial charge in [0.05, 0.1) is 5.56 Å². The van der Waals surface area contributed by atoms with Crippen molar-refractivity contribution in [2.24, 2.45) is 0 Å². The molecule has 0 aliphatic rings. The first-order valence-electron chi connectivity index (χ1n) is 5.50. The van der Waals surface area contributed by atoms with Crippen molar-refractivity contribution >= 4 is 5.97 Å². The molecule has 90 valence electrons. The Morgan fingerprint density at radius 3 is 2.56 bits per heavy atom. The summed E-state index contributed by atoms with van der Waals surface area (Å²) in [4.78, 5) is 13.1. The van der Waals surface area contributed by atoms with Crippen LogP contribution in [0, 0.1) is 0 Å². The largest absolute Gasteiger partial charge is 0.478 e. The van der Waals surface area contributed by atoms with Crippen molar-refractivity contribution in [2.75, 3.05) is 20.6 Å². The summed E-state index contributed by atoms with van der Waals surface area (Å²) in [6.07, 6.45) is 1.86. The van der Waals surface area contributed by atoms with E-state index in [0.717, 1.165) is 18.8 Å². The number of likely N-dealkylation sites (N-methyl/N-ethyl adjacent to an activating group) is 1. The van der Waals surface area contributed by atoms with Crippen LogP contribution in [0.1, 0.15) is 35.8 Å². The second-order valence-corrected chi connectivity index (χ2v) is 4.57. The van der Waals surface area contributed by atoms with Gasteiger partial charge in [-0.05, 0) is 26.1 Å². The summed E-state index contributed by atoms with van der Waals surface area (Å²) < 4.78 is 2.04. The Labute approximate surface area is 96.5 Å². The Kier molecular flexibility index (Phi) is 4.12. The van der Waals surface area contributed by atoms with Crippen molar-refractivity contribution in [1.82, 2.24) is 9.47 Å². The number of nitrogens with zero attached hydrogens (tertiary/aromatic N) is 2. The standard InChI is InChI=1S/C12H20N2O2/c1-9(2)11-10(12(15)16)5-6-14(11)8-7-13(3)4/h5-6,9H,7-8H2,1-4H3,(H,15,16). The van der Waals surface area contributed by atoms with Crippen molar-refractivity contribution in [3.8, 4) is 0 Å². The highest BCUT2D eigenvalue weighted by Crippen LogP contribution is 2.21. The molecule has 0 unspecified atom stereocenters. The second-order valence-electron chi connectivity index (χ2n) is 4.57. The van der Waals surface area contributed by atoms with E-state index >= 15 is 0 Å². The van der Waals surface area contributed by atoms with E-state index in [9.17, 15) is 4.79 Å². The van der Waals surface area contributed by atoms with Gasteiger partial charge in [-0.2, -0.15) is 0 Å². The third-order valence-electron chi connectivity index (χ3n) is 2.57. The van der Waals surface area contributed by atoms with Gasteiger partial charge in [0.15, 0.2) is 0 Å². The van der Waals surface area contributed by atoms with Crippen molar-refractivity contribution < 1.29 is 9.90 Å². The van der Waals surface area contributed by atoms with E-state index in [2.05, 4.69) is 4.90 Å². The lowest BCUT2D eigenvalue weighted by atomic mass is 10.1. The number of rotatable bonds is 5. The molecule has 0 bridgehead atoms. The van der Waals surface area contributed by atoms with Gasteiger partial charge in [-0.15, -0.1) is 0 Å². The molecular formula is C12H20N2O2. The topological polar surface area (TPSA) is 45.5 Å². The Morgan fingerprint density at radius 1 is 1.50 bits per heavy atom. The van der Waals surface area contributed by atoms with Crippen LogP contribution in [0.2, 0.25) is 0 Å². The molecule has 4 heteroatoms. The molecule has 1 heterocycles. The first kappa shape index (κ1) is 12.8. The van der Waals surface area contributed by atoms with Crippen LogP contribution in [-0.2, 0) is 6.54 Å². The first-order chi connectivity index (χ1) is 7.43. The van der Waals surface area contributed by atoms with Gasteiger partial charge in [-0.25, -0.2) is 4.79 Å². The highest BCUT2D eigenvalue weighted by atomic mass is 16.4. The summed E-state index contributed by atoms with van der Waals surface area (Å²) in [5.74, 6) is -0.615. The van der Waals surface area contributed by atoms with Crippen LogP contribution in [0.4, 0.5) is 0 Å². The smallest absolute Gasteiger partial charge is 0.337 e. The summed E-state index contributed by atoms with van der Waals surface area (Å²) in [6, 6.07) is 1.69. The molecule has 0 fully saturated rings. The third-order valence-corrected chi connectivity index (χ3v) is 2.57. The minimum Gasteiger partial charge on any atom is -0.478 e. The number of aromatic carboxylic acids is 1. The minimum absolute atomic E-state index is 0.225. The molecule has 0 amide bonds. The van der Waals surface area contributed by atoms with Gasteiger partial charge in [0.25, 0.3) is 0 Å². The highest BCUT2D eigenvalue weighted by molar-refractivity contribution is 5.89. The minimum atomic E-state index is -0.840. The van der Waals surface area contributed by atoms with Crippen LogP contribution in [0.25, 0.3) is 0 Å². The molecule has 1 rings (SSSR count). The molecule has 0 saturated heterocycles. The molecular weight excluding hydrogens is 204 g/mol. The maximum atomic E-state index is 11.1. The van der Waals surface area contributed by atoms with Crippen LogP contribution in [-0.4, -0.2) is 41.2 Å². The van der Waals surface area contributed by atoms with E-state index in [1.807, 2.05) is 38.7 Å². The Bertz CT molecular complexity index is 367. The van der Waals surface area contributed by atoms with E-state index in [1.165, 1.54) is 0 Å². The SMILES string of the molecule is CC(C)c1c(C(=O)O)ccn1CCN(C)C. The fourth-order valence-electron chi connectivity index (χ4n) is 1.81. The molecule has 0 aliphatic carbocycles. The first-order valence-corrected chi connectivity index (χ1v) is 5.50. The maximum Gasteiger partial charge on any atom is 0.337 e. The van der Waals surface area contributed by atoms with Gasteiger partial charge in [0, 0.05) is 25.0 Å². The summed E-state index contributed by atoms with van der Waals surface area (Å²) in [6.45, 7) is 5.78. The van der Waals surface area contributed by atoms with Gasteiger partial charge >= 0.3 is 5.97 Å². The van der Waals surface area contributed by atoms with Crippen molar-refractivity contribution in [1.29, 1.82) is 0 Å². The third kappa shape index (κ3) is 2.85. The van der Waals surface area contributed by atoms with Crippen LogP contribution >= 0.6 is 0 Å². The average Bonchev–Trinajstić information content (AvgIpc) is 2.57. The van der Waals surface area contributed by atoms with E-state index in [1.54, 1.807) is 6.07 Å². The van der Waals surface area contributed by atoms with E-state index < -0.39 is 5.97 Å². The van der Waals surface area contributed by atoms with Gasteiger partial charge in [-0.3, -0.25) is 0 Å².